The smallest absolute Gasteiger partial charge is 0.321 e. The molecule has 21 heavy (non-hydrogen) atoms. The van der Waals surface area contributed by atoms with E-state index in [9.17, 15) is 4.79 Å². The molecule has 1 aliphatic heterocycles. The van der Waals surface area contributed by atoms with Crippen molar-refractivity contribution in [1.82, 2.24) is 4.90 Å². The summed E-state index contributed by atoms with van der Waals surface area (Å²) in [6, 6.07) is 6.87. The molecule has 0 radical (unpaired) electrons. The molecule has 4 N–H and O–H groups in total. The third-order valence-electron chi connectivity index (χ3n) is 3.26. The Balaban J connectivity index is 1.85. The zero-order valence-corrected chi connectivity index (χ0v) is 11.8. The number of oxime groups is 1. The molecule has 114 valence electrons. The van der Waals surface area contributed by atoms with Gasteiger partial charge in [0, 0.05) is 18.8 Å². The summed E-state index contributed by atoms with van der Waals surface area (Å²) < 4.78 is 5.30. The average Bonchev–Trinajstić information content (AvgIpc) is 2.54. The highest BCUT2D eigenvalue weighted by Gasteiger charge is 2.16. The first-order valence-corrected chi connectivity index (χ1v) is 6.94. The second kappa shape index (κ2) is 7.37. The summed E-state index contributed by atoms with van der Waals surface area (Å²) in [5.41, 5.74) is 6.02. The number of amidine groups is 1. The van der Waals surface area contributed by atoms with Crippen molar-refractivity contribution in [1.29, 1.82) is 0 Å². The van der Waals surface area contributed by atoms with Gasteiger partial charge in [0.15, 0.2) is 5.84 Å². The fraction of sp³-hybridized carbons (Fsp3) is 0.429. The first-order chi connectivity index (χ1) is 10.2. The van der Waals surface area contributed by atoms with E-state index in [2.05, 4.69) is 10.5 Å². The van der Waals surface area contributed by atoms with E-state index in [1.165, 1.54) is 6.42 Å². The number of nitrogens with two attached hydrogens (primary N) is 1. The third-order valence-corrected chi connectivity index (χ3v) is 3.26. The van der Waals surface area contributed by atoms with E-state index in [1.54, 1.807) is 24.3 Å². The number of amides is 2. The van der Waals surface area contributed by atoms with Gasteiger partial charge in [-0.2, -0.15) is 0 Å². The van der Waals surface area contributed by atoms with Crippen molar-refractivity contribution in [2.45, 2.75) is 19.3 Å². The maximum atomic E-state index is 12.0. The van der Waals surface area contributed by atoms with Crippen LogP contribution in [0.4, 0.5) is 10.5 Å². The van der Waals surface area contributed by atoms with Crippen molar-refractivity contribution in [3.8, 4) is 5.75 Å². The minimum atomic E-state index is -0.0694. The quantitative estimate of drug-likeness (QED) is 0.341. The van der Waals surface area contributed by atoms with Gasteiger partial charge < -0.3 is 25.9 Å². The van der Waals surface area contributed by atoms with Crippen molar-refractivity contribution in [2.75, 3.05) is 25.0 Å². The maximum Gasteiger partial charge on any atom is 0.321 e. The Morgan fingerprint density at radius 2 is 1.95 bits per heavy atom. The van der Waals surface area contributed by atoms with Crippen LogP contribution in [0, 0.1) is 0 Å². The Kier molecular flexibility index (Phi) is 5.25. The van der Waals surface area contributed by atoms with E-state index in [0.717, 1.165) is 25.9 Å². The molecule has 0 bridgehead atoms. The number of hydrogen-bond acceptors (Lipinski definition) is 4. The molecule has 1 aliphatic rings. The highest BCUT2D eigenvalue weighted by atomic mass is 16.5. The fourth-order valence-corrected chi connectivity index (χ4v) is 2.12. The van der Waals surface area contributed by atoms with Crippen LogP contribution in [0.25, 0.3) is 0 Å². The van der Waals surface area contributed by atoms with Crippen molar-refractivity contribution < 1.29 is 14.7 Å². The molecule has 1 fully saturated rings. The highest BCUT2D eigenvalue weighted by molar-refractivity contribution is 5.89. The molecule has 2 amide bonds. The topological polar surface area (TPSA) is 100 Å². The van der Waals surface area contributed by atoms with E-state index in [0.29, 0.717) is 11.4 Å². The lowest BCUT2D eigenvalue weighted by molar-refractivity contribution is 0.200. The van der Waals surface area contributed by atoms with Crippen LogP contribution in [0.3, 0.4) is 0 Å². The first kappa shape index (κ1) is 15.0. The maximum absolute atomic E-state index is 12.0. The van der Waals surface area contributed by atoms with E-state index >= 15 is 0 Å². The first-order valence-electron chi connectivity index (χ1n) is 6.94. The summed E-state index contributed by atoms with van der Waals surface area (Å²) in [7, 11) is 0. The summed E-state index contributed by atoms with van der Waals surface area (Å²) in [6.45, 7) is 1.63. The number of benzene rings is 1. The lowest BCUT2D eigenvalue weighted by atomic mass is 10.1. The van der Waals surface area contributed by atoms with Crippen LogP contribution >= 0.6 is 0 Å². The predicted molar refractivity (Wildman–Crippen MR) is 79.8 cm³/mol. The highest BCUT2D eigenvalue weighted by Crippen LogP contribution is 2.17. The molecule has 0 atom stereocenters. The second-order valence-corrected chi connectivity index (χ2v) is 4.88. The van der Waals surface area contributed by atoms with Gasteiger partial charge in [0.2, 0.25) is 0 Å². The molecule has 1 aromatic carbocycles. The van der Waals surface area contributed by atoms with Gasteiger partial charge in [-0.15, -0.1) is 0 Å². The summed E-state index contributed by atoms with van der Waals surface area (Å²) in [5, 5.41) is 14.1. The molecule has 7 heteroatoms. The van der Waals surface area contributed by atoms with E-state index in [-0.39, 0.29) is 18.5 Å². The summed E-state index contributed by atoms with van der Waals surface area (Å²) >= 11 is 0. The molecule has 1 heterocycles. The van der Waals surface area contributed by atoms with E-state index < -0.39 is 0 Å². The SMILES string of the molecule is NC(COc1ccc(NC(=O)N2CCCCC2)cc1)=NO. The molecular formula is C14H20N4O3. The third kappa shape index (κ3) is 4.55. The van der Waals surface area contributed by atoms with Crippen LogP contribution in [0.1, 0.15) is 19.3 Å². The number of nitrogens with zero attached hydrogens (tertiary/aromatic N) is 2. The zero-order valence-electron chi connectivity index (χ0n) is 11.8. The summed E-state index contributed by atoms with van der Waals surface area (Å²) in [6.07, 6.45) is 3.32. The van der Waals surface area contributed by atoms with Gasteiger partial charge in [0.05, 0.1) is 0 Å². The summed E-state index contributed by atoms with van der Waals surface area (Å²) in [4.78, 5) is 13.9. The Morgan fingerprint density at radius 1 is 1.29 bits per heavy atom. The lowest BCUT2D eigenvalue weighted by Gasteiger charge is -2.26. The van der Waals surface area contributed by atoms with Crippen molar-refractivity contribution in [3.05, 3.63) is 24.3 Å². The standard InChI is InChI=1S/C14H20N4O3/c15-13(17-20)10-21-12-6-4-11(5-7-12)16-14(19)18-8-2-1-3-9-18/h4-7,20H,1-3,8-10H2,(H2,15,17)(H,16,19). The molecular weight excluding hydrogens is 272 g/mol. The second-order valence-electron chi connectivity index (χ2n) is 4.88. The average molecular weight is 292 g/mol. The molecule has 0 aliphatic carbocycles. The number of ether oxygens (including phenoxy) is 1. The van der Waals surface area contributed by atoms with Crippen LogP contribution < -0.4 is 15.8 Å². The Hall–Kier alpha value is -2.44. The van der Waals surface area contributed by atoms with E-state index in [1.807, 2.05) is 4.90 Å². The van der Waals surface area contributed by atoms with Crippen molar-refractivity contribution in [2.24, 2.45) is 10.9 Å². The number of carbonyl (C=O) groups is 1. The minimum absolute atomic E-state index is 0.00234. The van der Waals surface area contributed by atoms with Gasteiger partial charge in [0.25, 0.3) is 0 Å². The van der Waals surface area contributed by atoms with Crippen LogP contribution in [0.5, 0.6) is 5.75 Å². The number of hydrogen-bond donors (Lipinski definition) is 3. The van der Waals surface area contributed by atoms with Gasteiger partial charge >= 0.3 is 6.03 Å². The fourth-order valence-electron chi connectivity index (χ4n) is 2.12. The van der Waals surface area contributed by atoms with Gasteiger partial charge in [-0.05, 0) is 43.5 Å². The molecule has 0 saturated carbocycles. The Bertz CT molecular complexity index is 495. The molecule has 7 nitrogen and oxygen atoms in total. The molecule has 2 rings (SSSR count). The van der Waals surface area contributed by atoms with E-state index in [4.69, 9.17) is 15.7 Å². The molecule has 0 aromatic heterocycles. The Labute approximate surface area is 123 Å². The number of nitrogens with one attached hydrogen (secondary N) is 1. The summed E-state index contributed by atoms with van der Waals surface area (Å²) in [5.74, 6) is 0.579. The number of likely N-dealkylation sites (tertiary alicyclic amines) is 1. The van der Waals surface area contributed by atoms with Gasteiger partial charge in [-0.25, -0.2) is 4.79 Å². The van der Waals surface area contributed by atoms with Crippen molar-refractivity contribution >= 4 is 17.6 Å². The number of rotatable bonds is 4. The van der Waals surface area contributed by atoms with Crippen LogP contribution in [0.15, 0.2) is 29.4 Å². The van der Waals surface area contributed by atoms with Crippen molar-refractivity contribution in [3.63, 3.8) is 0 Å². The number of piperidine rings is 1. The largest absolute Gasteiger partial charge is 0.486 e. The zero-order chi connectivity index (χ0) is 15.1. The Morgan fingerprint density at radius 3 is 2.57 bits per heavy atom. The molecule has 0 unspecified atom stereocenters. The predicted octanol–water partition coefficient (Wildman–Crippen LogP) is 1.83. The monoisotopic (exact) mass is 292 g/mol. The molecule has 1 aromatic rings. The number of urea groups is 1. The number of carbonyl (C=O) groups excluding carboxylic acids is 1. The molecule has 1 saturated heterocycles. The van der Waals surface area contributed by atoms with Crippen LogP contribution in [-0.4, -0.2) is 41.7 Å². The lowest BCUT2D eigenvalue weighted by Crippen LogP contribution is -2.38. The van der Waals surface area contributed by atoms with Gasteiger partial charge in [-0.1, -0.05) is 5.16 Å². The van der Waals surface area contributed by atoms with Gasteiger partial charge in [0.1, 0.15) is 12.4 Å². The van der Waals surface area contributed by atoms with Gasteiger partial charge in [-0.3, -0.25) is 0 Å². The minimum Gasteiger partial charge on any atom is -0.486 e. The van der Waals surface area contributed by atoms with Crippen LogP contribution in [-0.2, 0) is 0 Å². The molecule has 0 spiro atoms. The normalized spacial score (nSPS) is 15.6. The number of anilines is 1. The van der Waals surface area contributed by atoms with Crippen LogP contribution in [0.2, 0.25) is 0 Å².